The number of benzene rings is 2. The maximum Gasteiger partial charge on any atom is 0.222 e. The van der Waals surface area contributed by atoms with Crippen LogP contribution in [0, 0.1) is 6.92 Å². The summed E-state index contributed by atoms with van der Waals surface area (Å²) in [5.41, 5.74) is 5.38. The third-order valence-electron chi connectivity index (χ3n) is 5.46. The first-order valence-electron chi connectivity index (χ1n) is 10.7. The van der Waals surface area contributed by atoms with Gasteiger partial charge in [-0.05, 0) is 31.9 Å². The second-order valence-electron chi connectivity index (χ2n) is 7.89. The summed E-state index contributed by atoms with van der Waals surface area (Å²) in [4.78, 5) is 15.5. The minimum atomic E-state index is 0.292. The minimum absolute atomic E-state index is 0.292. The van der Waals surface area contributed by atoms with E-state index in [0.29, 0.717) is 25.4 Å². The number of nitrogens with zero attached hydrogens (tertiary/aromatic N) is 4. The SMILES string of the molecule is Cc1ccc(Cn2nc(CNCCCN3CCCC3=O)c(-c3ccccc3)n2)cc1. The van der Waals surface area contributed by atoms with Crippen molar-refractivity contribution in [3.8, 4) is 11.3 Å². The van der Waals surface area contributed by atoms with Crippen molar-refractivity contribution in [3.63, 3.8) is 0 Å². The average Bonchev–Trinajstić information content (AvgIpc) is 3.36. The van der Waals surface area contributed by atoms with Crippen LogP contribution in [0.5, 0.6) is 0 Å². The fourth-order valence-electron chi connectivity index (χ4n) is 3.79. The number of nitrogens with one attached hydrogen (secondary N) is 1. The van der Waals surface area contributed by atoms with E-state index in [-0.39, 0.29) is 0 Å². The molecular weight excluding hydrogens is 374 g/mol. The number of hydrogen-bond donors (Lipinski definition) is 1. The van der Waals surface area contributed by atoms with Gasteiger partial charge < -0.3 is 10.2 Å². The molecule has 0 spiro atoms. The van der Waals surface area contributed by atoms with E-state index in [0.717, 1.165) is 49.4 Å². The van der Waals surface area contributed by atoms with E-state index < -0.39 is 0 Å². The van der Waals surface area contributed by atoms with Crippen molar-refractivity contribution in [2.24, 2.45) is 0 Å². The van der Waals surface area contributed by atoms with Gasteiger partial charge in [-0.25, -0.2) is 0 Å². The van der Waals surface area contributed by atoms with E-state index in [4.69, 9.17) is 10.2 Å². The molecule has 0 saturated carbocycles. The normalized spacial score (nSPS) is 13.9. The number of rotatable bonds is 9. The molecule has 0 aliphatic carbocycles. The van der Waals surface area contributed by atoms with Gasteiger partial charge in [0.2, 0.25) is 5.91 Å². The van der Waals surface area contributed by atoms with Gasteiger partial charge >= 0.3 is 0 Å². The molecule has 6 nitrogen and oxygen atoms in total. The zero-order chi connectivity index (χ0) is 20.8. The van der Waals surface area contributed by atoms with Crippen molar-refractivity contribution in [3.05, 3.63) is 71.4 Å². The van der Waals surface area contributed by atoms with Crippen molar-refractivity contribution in [1.29, 1.82) is 0 Å². The maximum atomic E-state index is 11.7. The van der Waals surface area contributed by atoms with E-state index in [2.05, 4.69) is 48.6 Å². The van der Waals surface area contributed by atoms with Crippen LogP contribution in [-0.2, 0) is 17.9 Å². The Hall–Kier alpha value is -2.99. The molecule has 1 aliphatic rings. The summed E-state index contributed by atoms with van der Waals surface area (Å²) in [6.07, 6.45) is 2.65. The molecule has 0 unspecified atom stereocenters. The van der Waals surface area contributed by atoms with Gasteiger partial charge in [0.25, 0.3) is 0 Å². The van der Waals surface area contributed by atoms with Crippen LogP contribution in [0.4, 0.5) is 0 Å². The minimum Gasteiger partial charge on any atom is -0.343 e. The lowest BCUT2D eigenvalue weighted by Gasteiger charge is -2.15. The number of aryl methyl sites for hydroxylation is 1. The van der Waals surface area contributed by atoms with Crippen LogP contribution in [-0.4, -0.2) is 45.4 Å². The lowest BCUT2D eigenvalue weighted by molar-refractivity contribution is -0.127. The van der Waals surface area contributed by atoms with Gasteiger partial charge in [0.1, 0.15) is 11.4 Å². The lowest BCUT2D eigenvalue weighted by Crippen LogP contribution is -2.28. The molecule has 1 saturated heterocycles. The molecule has 1 aliphatic heterocycles. The number of carbonyl (C=O) groups excluding carboxylic acids is 1. The summed E-state index contributed by atoms with van der Waals surface area (Å²) in [5, 5.41) is 13.0. The van der Waals surface area contributed by atoms with E-state index >= 15 is 0 Å². The Balaban J connectivity index is 1.40. The van der Waals surface area contributed by atoms with Gasteiger partial charge in [-0.2, -0.15) is 15.0 Å². The number of aromatic nitrogens is 3. The molecule has 6 heteroatoms. The van der Waals surface area contributed by atoms with E-state index in [1.54, 1.807) is 4.80 Å². The Morgan fingerprint density at radius 3 is 2.57 bits per heavy atom. The number of likely N-dealkylation sites (tertiary alicyclic amines) is 1. The van der Waals surface area contributed by atoms with Crippen LogP contribution < -0.4 is 5.32 Å². The first kappa shape index (κ1) is 20.3. The van der Waals surface area contributed by atoms with E-state index in [9.17, 15) is 4.79 Å². The molecule has 1 fully saturated rings. The zero-order valence-corrected chi connectivity index (χ0v) is 17.6. The van der Waals surface area contributed by atoms with Crippen LogP contribution in [0.3, 0.4) is 0 Å². The van der Waals surface area contributed by atoms with Gasteiger partial charge in [-0.1, -0.05) is 60.2 Å². The third kappa shape index (κ3) is 5.13. The molecule has 1 N–H and O–H groups in total. The van der Waals surface area contributed by atoms with Gasteiger partial charge in [-0.15, -0.1) is 0 Å². The summed E-state index contributed by atoms with van der Waals surface area (Å²) in [7, 11) is 0. The van der Waals surface area contributed by atoms with Gasteiger partial charge in [0, 0.05) is 31.6 Å². The maximum absolute atomic E-state index is 11.7. The highest BCUT2D eigenvalue weighted by Gasteiger charge is 2.19. The van der Waals surface area contributed by atoms with Crippen LogP contribution in [0.2, 0.25) is 0 Å². The fourth-order valence-corrected chi connectivity index (χ4v) is 3.79. The Kier molecular flexibility index (Phi) is 6.54. The van der Waals surface area contributed by atoms with Crippen molar-refractivity contribution in [2.45, 2.75) is 39.3 Å². The standard InChI is InChI=1S/C24H29N5O/c1-19-10-12-20(13-11-19)18-29-26-22(24(27-29)21-7-3-2-4-8-21)17-25-14-6-16-28-15-5-9-23(28)30/h2-4,7-8,10-13,25H,5-6,9,14-18H2,1H3. The molecule has 2 heterocycles. The van der Waals surface area contributed by atoms with E-state index in [1.165, 1.54) is 11.1 Å². The quantitative estimate of drug-likeness (QED) is 0.556. The topological polar surface area (TPSA) is 63.1 Å². The third-order valence-corrected chi connectivity index (χ3v) is 5.46. The van der Waals surface area contributed by atoms with Gasteiger partial charge in [-0.3, -0.25) is 4.79 Å². The monoisotopic (exact) mass is 403 g/mol. The fraction of sp³-hybridized carbons (Fsp3) is 0.375. The number of amides is 1. The van der Waals surface area contributed by atoms with Crippen LogP contribution in [0.25, 0.3) is 11.3 Å². The summed E-state index contributed by atoms with van der Waals surface area (Å²) < 4.78 is 0. The zero-order valence-electron chi connectivity index (χ0n) is 17.6. The Morgan fingerprint density at radius 2 is 1.83 bits per heavy atom. The Morgan fingerprint density at radius 1 is 1.03 bits per heavy atom. The molecule has 1 aromatic heterocycles. The Labute approximate surface area is 177 Å². The Bertz CT molecular complexity index is 965. The van der Waals surface area contributed by atoms with Crippen LogP contribution >= 0.6 is 0 Å². The van der Waals surface area contributed by atoms with Crippen molar-refractivity contribution in [1.82, 2.24) is 25.2 Å². The summed E-state index contributed by atoms with van der Waals surface area (Å²) in [5.74, 6) is 0.292. The molecule has 0 radical (unpaired) electrons. The predicted molar refractivity (Wildman–Crippen MR) is 118 cm³/mol. The molecule has 0 bridgehead atoms. The highest BCUT2D eigenvalue weighted by Crippen LogP contribution is 2.20. The smallest absolute Gasteiger partial charge is 0.222 e. The molecule has 0 atom stereocenters. The highest BCUT2D eigenvalue weighted by molar-refractivity contribution is 5.78. The molecule has 156 valence electrons. The molecule has 30 heavy (non-hydrogen) atoms. The first-order valence-corrected chi connectivity index (χ1v) is 10.7. The van der Waals surface area contributed by atoms with E-state index in [1.807, 2.05) is 23.1 Å². The van der Waals surface area contributed by atoms with Gasteiger partial charge in [0.15, 0.2) is 0 Å². The second kappa shape index (κ2) is 9.67. The van der Waals surface area contributed by atoms with Crippen LogP contribution in [0.1, 0.15) is 36.1 Å². The molecule has 3 aromatic rings. The first-order chi connectivity index (χ1) is 14.7. The summed E-state index contributed by atoms with van der Waals surface area (Å²) in [6.45, 7) is 5.99. The molecule has 1 amide bonds. The molecular formula is C24H29N5O. The van der Waals surface area contributed by atoms with Crippen molar-refractivity contribution < 1.29 is 4.79 Å². The number of carbonyl (C=O) groups is 1. The summed E-state index contributed by atoms with van der Waals surface area (Å²) >= 11 is 0. The average molecular weight is 404 g/mol. The largest absolute Gasteiger partial charge is 0.343 e. The predicted octanol–water partition coefficient (Wildman–Crippen LogP) is 3.40. The van der Waals surface area contributed by atoms with Gasteiger partial charge in [0.05, 0.1) is 6.54 Å². The van der Waals surface area contributed by atoms with Crippen molar-refractivity contribution in [2.75, 3.05) is 19.6 Å². The van der Waals surface area contributed by atoms with Crippen molar-refractivity contribution >= 4 is 5.91 Å². The molecule has 4 rings (SSSR count). The lowest BCUT2D eigenvalue weighted by atomic mass is 10.1. The second-order valence-corrected chi connectivity index (χ2v) is 7.89. The number of hydrogen-bond acceptors (Lipinski definition) is 4. The summed E-state index contributed by atoms with van der Waals surface area (Å²) in [6, 6.07) is 18.7. The van der Waals surface area contributed by atoms with Crippen LogP contribution in [0.15, 0.2) is 54.6 Å². The molecule has 2 aromatic carbocycles. The highest BCUT2D eigenvalue weighted by atomic mass is 16.2.